The van der Waals surface area contributed by atoms with Gasteiger partial charge in [0.2, 0.25) is 0 Å². The predicted molar refractivity (Wildman–Crippen MR) is 72.2 cm³/mol. The summed E-state index contributed by atoms with van der Waals surface area (Å²) in [4.78, 5) is 2.88. The molecule has 3 fully saturated rings. The molecule has 0 radical (unpaired) electrons. The molecule has 0 amide bonds. The molecule has 1 aliphatic heterocycles. The Kier molecular flexibility index (Phi) is 3.45. The van der Waals surface area contributed by atoms with E-state index in [1.165, 1.54) is 71.0 Å². The molecule has 3 aliphatic rings. The lowest BCUT2D eigenvalue weighted by molar-refractivity contribution is 0.0372. The molecule has 0 aromatic carbocycles. The van der Waals surface area contributed by atoms with Crippen LogP contribution in [0.1, 0.15) is 58.3 Å². The van der Waals surface area contributed by atoms with Crippen molar-refractivity contribution in [2.45, 2.75) is 69.9 Å². The van der Waals surface area contributed by atoms with Crippen LogP contribution in [0.2, 0.25) is 0 Å². The van der Waals surface area contributed by atoms with Gasteiger partial charge in [-0.3, -0.25) is 4.90 Å². The molecule has 1 spiro atoms. The standard InChI is InChI=1S/C15H28N2/c1-2-3-10-17-11-14(13-6-7-13)16-12-15(17)8-4-5-9-15/h13-14,16H,2-12H2,1H3. The van der Waals surface area contributed by atoms with Crippen molar-refractivity contribution < 1.29 is 0 Å². The second kappa shape index (κ2) is 4.89. The average Bonchev–Trinajstić information content (AvgIpc) is 3.10. The molecule has 2 aliphatic carbocycles. The molecule has 1 saturated heterocycles. The maximum atomic E-state index is 3.88. The summed E-state index contributed by atoms with van der Waals surface area (Å²) in [5.41, 5.74) is 0.556. The second-order valence-electron chi connectivity index (χ2n) is 6.56. The van der Waals surface area contributed by atoms with Crippen LogP contribution in [0, 0.1) is 5.92 Å². The Labute approximate surface area is 106 Å². The fourth-order valence-electron chi connectivity index (χ4n) is 3.95. The van der Waals surface area contributed by atoms with Crippen LogP contribution < -0.4 is 5.32 Å². The van der Waals surface area contributed by atoms with Crippen LogP contribution in [-0.2, 0) is 0 Å². The van der Waals surface area contributed by atoms with E-state index in [0.29, 0.717) is 5.54 Å². The summed E-state index contributed by atoms with van der Waals surface area (Å²) in [6.45, 7) is 6.28. The van der Waals surface area contributed by atoms with Crippen LogP contribution in [0.5, 0.6) is 0 Å². The van der Waals surface area contributed by atoms with Gasteiger partial charge in [0.15, 0.2) is 0 Å². The molecule has 0 aromatic rings. The molecule has 1 unspecified atom stereocenters. The van der Waals surface area contributed by atoms with Gasteiger partial charge in [0, 0.05) is 24.7 Å². The van der Waals surface area contributed by atoms with Crippen LogP contribution in [0.25, 0.3) is 0 Å². The number of unbranched alkanes of at least 4 members (excludes halogenated alkanes) is 1. The third-order valence-corrected chi connectivity index (χ3v) is 5.29. The quantitative estimate of drug-likeness (QED) is 0.807. The van der Waals surface area contributed by atoms with Crippen molar-refractivity contribution in [3.63, 3.8) is 0 Å². The lowest BCUT2D eigenvalue weighted by Crippen LogP contribution is -2.64. The largest absolute Gasteiger partial charge is 0.311 e. The third-order valence-electron chi connectivity index (χ3n) is 5.29. The first kappa shape index (κ1) is 12.0. The van der Waals surface area contributed by atoms with Gasteiger partial charge >= 0.3 is 0 Å². The van der Waals surface area contributed by atoms with Crippen molar-refractivity contribution in [2.75, 3.05) is 19.6 Å². The Bertz CT molecular complexity index is 254. The first-order chi connectivity index (χ1) is 8.34. The zero-order valence-electron chi connectivity index (χ0n) is 11.4. The highest BCUT2D eigenvalue weighted by molar-refractivity contribution is 5.04. The van der Waals surface area contributed by atoms with E-state index in [0.717, 1.165) is 12.0 Å². The van der Waals surface area contributed by atoms with E-state index in [2.05, 4.69) is 17.1 Å². The SMILES string of the molecule is CCCCN1CC(C2CC2)NCC12CCCC2. The minimum absolute atomic E-state index is 0.556. The highest BCUT2D eigenvalue weighted by atomic mass is 15.3. The van der Waals surface area contributed by atoms with Crippen molar-refractivity contribution in [3.05, 3.63) is 0 Å². The normalized spacial score (nSPS) is 33.4. The molecule has 0 bridgehead atoms. The Morgan fingerprint density at radius 1 is 1.24 bits per heavy atom. The van der Waals surface area contributed by atoms with Gasteiger partial charge in [-0.1, -0.05) is 26.2 Å². The maximum absolute atomic E-state index is 3.88. The van der Waals surface area contributed by atoms with E-state index >= 15 is 0 Å². The van der Waals surface area contributed by atoms with Gasteiger partial charge in [-0.25, -0.2) is 0 Å². The van der Waals surface area contributed by atoms with Gasteiger partial charge in [-0.2, -0.15) is 0 Å². The lowest BCUT2D eigenvalue weighted by atomic mass is 9.89. The molecule has 0 aromatic heterocycles. The Morgan fingerprint density at radius 3 is 2.65 bits per heavy atom. The highest BCUT2D eigenvalue weighted by Crippen LogP contribution is 2.41. The fraction of sp³-hybridized carbons (Fsp3) is 1.00. The summed E-state index contributed by atoms with van der Waals surface area (Å²) in [6, 6.07) is 0.818. The second-order valence-corrected chi connectivity index (χ2v) is 6.56. The van der Waals surface area contributed by atoms with Gasteiger partial charge in [0.05, 0.1) is 0 Å². The summed E-state index contributed by atoms with van der Waals surface area (Å²) >= 11 is 0. The smallest absolute Gasteiger partial charge is 0.0334 e. The van der Waals surface area contributed by atoms with Crippen LogP contribution >= 0.6 is 0 Å². The number of piperazine rings is 1. The van der Waals surface area contributed by atoms with Crippen molar-refractivity contribution in [3.8, 4) is 0 Å². The van der Waals surface area contributed by atoms with Gasteiger partial charge in [-0.05, 0) is 44.6 Å². The minimum Gasteiger partial charge on any atom is -0.311 e. The molecule has 2 saturated carbocycles. The van der Waals surface area contributed by atoms with E-state index < -0.39 is 0 Å². The molecule has 1 atom stereocenters. The molecule has 3 rings (SSSR count). The zero-order chi connectivity index (χ0) is 11.7. The molecule has 2 heteroatoms. The van der Waals surface area contributed by atoms with Crippen LogP contribution in [0.15, 0.2) is 0 Å². The van der Waals surface area contributed by atoms with Crippen LogP contribution in [-0.4, -0.2) is 36.1 Å². The average molecular weight is 236 g/mol. The van der Waals surface area contributed by atoms with Gasteiger partial charge in [0.25, 0.3) is 0 Å². The number of hydrogen-bond donors (Lipinski definition) is 1. The topological polar surface area (TPSA) is 15.3 Å². The summed E-state index contributed by atoms with van der Waals surface area (Å²) < 4.78 is 0. The third kappa shape index (κ3) is 2.39. The Morgan fingerprint density at radius 2 is 2.00 bits per heavy atom. The molecule has 98 valence electrons. The summed E-state index contributed by atoms with van der Waals surface area (Å²) in [6.07, 6.45) is 11.5. The first-order valence-corrected chi connectivity index (χ1v) is 7.82. The Balaban J connectivity index is 1.66. The minimum atomic E-state index is 0.556. The number of rotatable bonds is 4. The number of hydrogen-bond acceptors (Lipinski definition) is 2. The van der Waals surface area contributed by atoms with Crippen molar-refractivity contribution in [1.29, 1.82) is 0 Å². The number of nitrogens with one attached hydrogen (secondary N) is 1. The molecule has 17 heavy (non-hydrogen) atoms. The predicted octanol–water partition coefficient (Wildman–Crippen LogP) is 2.78. The summed E-state index contributed by atoms with van der Waals surface area (Å²) in [7, 11) is 0. The molecular formula is C15H28N2. The lowest BCUT2D eigenvalue weighted by Gasteiger charge is -2.48. The van der Waals surface area contributed by atoms with E-state index in [1.54, 1.807) is 0 Å². The van der Waals surface area contributed by atoms with Crippen molar-refractivity contribution in [2.24, 2.45) is 5.92 Å². The molecule has 2 nitrogen and oxygen atoms in total. The van der Waals surface area contributed by atoms with E-state index in [9.17, 15) is 0 Å². The molecule has 1 heterocycles. The Hall–Kier alpha value is -0.0800. The summed E-state index contributed by atoms with van der Waals surface area (Å²) in [5.74, 6) is 1.01. The molecule has 1 N–H and O–H groups in total. The first-order valence-electron chi connectivity index (χ1n) is 7.82. The van der Waals surface area contributed by atoms with Crippen LogP contribution in [0.3, 0.4) is 0 Å². The molecular weight excluding hydrogens is 208 g/mol. The van der Waals surface area contributed by atoms with Crippen molar-refractivity contribution in [1.82, 2.24) is 10.2 Å². The summed E-state index contributed by atoms with van der Waals surface area (Å²) in [5, 5.41) is 3.88. The maximum Gasteiger partial charge on any atom is 0.0334 e. The monoisotopic (exact) mass is 236 g/mol. The fourth-order valence-corrected chi connectivity index (χ4v) is 3.95. The van der Waals surface area contributed by atoms with Gasteiger partial charge < -0.3 is 5.32 Å². The highest BCUT2D eigenvalue weighted by Gasteiger charge is 2.45. The number of nitrogens with zero attached hydrogens (tertiary/aromatic N) is 1. The van der Waals surface area contributed by atoms with Crippen molar-refractivity contribution >= 4 is 0 Å². The van der Waals surface area contributed by atoms with E-state index in [4.69, 9.17) is 0 Å². The van der Waals surface area contributed by atoms with E-state index in [-0.39, 0.29) is 0 Å². The zero-order valence-corrected chi connectivity index (χ0v) is 11.4. The van der Waals surface area contributed by atoms with E-state index in [1.807, 2.05) is 0 Å². The van der Waals surface area contributed by atoms with Crippen LogP contribution in [0.4, 0.5) is 0 Å². The van der Waals surface area contributed by atoms with Gasteiger partial charge in [0.1, 0.15) is 0 Å². The van der Waals surface area contributed by atoms with Gasteiger partial charge in [-0.15, -0.1) is 0 Å².